The van der Waals surface area contributed by atoms with E-state index >= 15 is 0 Å². The smallest absolute Gasteiger partial charge is 0.224 e. The summed E-state index contributed by atoms with van der Waals surface area (Å²) in [5.41, 5.74) is 2.11. The fourth-order valence-corrected chi connectivity index (χ4v) is 3.49. The monoisotopic (exact) mass is 358 g/mol. The van der Waals surface area contributed by atoms with Gasteiger partial charge >= 0.3 is 0 Å². The molecule has 1 aliphatic rings. The maximum absolute atomic E-state index is 13.3. The highest BCUT2D eigenvalue weighted by Crippen LogP contribution is 2.19. The van der Waals surface area contributed by atoms with Crippen molar-refractivity contribution in [1.29, 1.82) is 0 Å². The van der Waals surface area contributed by atoms with E-state index in [9.17, 15) is 9.18 Å². The Labute approximate surface area is 154 Å². The van der Waals surface area contributed by atoms with Crippen molar-refractivity contribution in [2.24, 2.45) is 5.92 Å². The van der Waals surface area contributed by atoms with Crippen LogP contribution < -0.4 is 5.32 Å². The lowest BCUT2D eigenvalue weighted by molar-refractivity contribution is -0.126. The van der Waals surface area contributed by atoms with Crippen LogP contribution in [0.3, 0.4) is 0 Å². The molecule has 26 heavy (non-hydrogen) atoms. The van der Waals surface area contributed by atoms with Gasteiger partial charge in [-0.2, -0.15) is 5.10 Å². The summed E-state index contributed by atoms with van der Waals surface area (Å²) < 4.78 is 15.2. The zero-order valence-electron chi connectivity index (χ0n) is 15.3. The van der Waals surface area contributed by atoms with Crippen LogP contribution in [0.5, 0.6) is 0 Å². The van der Waals surface area contributed by atoms with E-state index in [0.717, 1.165) is 50.0 Å². The van der Waals surface area contributed by atoms with Crippen molar-refractivity contribution >= 4 is 5.91 Å². The Bertz CT molecular complexity index is 730. The first-order valence-electron chi connectivity index (χ1n) is 9.34. The van der Waals surface area contributed by atoms with Gasteiger partial charge in [0.25, 0.3) is 0 Å². The first-order valence-corrected chi connectivity index (χ1v) is 9.34. The quantitative estimate of drug-likeness (QED) is 0.775. The number of aryl methyl sites for hydroxylation is 2. The summed E-state index contributed by atoms with van der Waals surface area (Å²) in [5.74, 6) is -0.0592. The number of carbonyl (C=O) groups excluding carboxylic acids is 1. The van der Waals surface area contributed by atoms with Gasteiger partial charge < -0.3 is 5.32 Å². The Balaban J connectivity index is 1.41. The summed E-state index contributed by atoms with van der Waals surface area (Å²) in [7, 11) is 0. The van der Waals surface area contributed by atoms with Crippen LogP contribution in [0.1, 0.15) is 30.4 Å². The Hall–Kier alpha value is -2.21. The molecular formula is C20H27FN4O. The van der Waals surface area contributed by atoms with Crippen molar-refractivity contribution in [2.45, 2.75) is 39.3 Å². The van der Waals surface area contributed by atoms with Gasteiger partial charge in [-0.25, -0.2) is 4.39 Å². The van der Waals surface area contributed by atoms with E-state index in [0.29, 0.717) is 13.1 Å². The number of benzene rings is 1. The number of nitrogens with one attached hydrogen (secondary N) is 1. The molecule has 1 atom stereocenters. The zero-order chi connectivity index (χ0) is 18.4. The fraction of sp³-hybridized carbons (Fsp3) is 0.500. The van der Waals surface area contributed by atoms with E-state index in [1.165, 1.54) is 6.07 Å². The van der Waals surface area contributed by atoms with Gasteiger partial charge in [0.1, 0.15) is 5.82 Å². The second kappa shape index (κ2) is 8.94. The van der Waals surface area contributed by atoms with Gasteiger partial charge in [0.05, 0.1) is 12.1 Å². The molecule has 1 unspecified atom stereocenters. The topological polar surface area (TPSA) is 50.2 Å². The number of piperidine rings is 1. The molecule has 1 aliphatic heterocycles. The number of nitrogens with zero attached hydrogens (tertiary/aromatic N) is 3. The van der Waals surface area contributed by atoms with Crippen molar-refractivity contribution in [3.8, 4) is 0 Å². The average molecular weight is 358 g/mol. The Morgan fingerprint density at radius 2 is 2.31 bits per heavy atom. The number of hydrogen-bond acceptors (Lipinski definition) is 3. The third-order valence-electron chi connectivity index (χ3n) is 4.80. The van der Waals surface area contributed by atoms with E-state index in [-0.39, 0.29) is 17.6 Å². The summed E-state index contributed by atoms with van der Waals surface area (Å²) in [4.78, 5) is 14.7. The molecule has 0 saturated carbocycles. The van der Waals surface area contributed by atoms with Crippen molar-refractivity contribution < 1.29 is 9.18 Å². The third-order valence-corrected chi connectivity index (χ3v) is 4.80. The fourth-order valence-electron chi connectivity index (χ4n) is 3.49. The van der Waals surface area contributed by atoms with Gasteiger partial charge in [-0.1, -0.05) is 12.1 Å². The van der Waals surface area contributed by atoms with Crippen molar-refractivity contribution in [2.75, 3.05) is 19.6 Å². The predicted octanol–water partition coefficient (Wildman–Crippen LogP) is 2.75. The van der Waals surface area contributed by atoms with Crippen molar-refractivity contribution in [3.05, 3.63) is 53.6 Å². The van der Waals surface area contributed by atoms with E-state index in [1.807, 2.05) is 30.1 Å². The zero-order valence-corrected chi connectivity index (χ0v) is 15.3. The van der Waals surface area contributed by atoms with Gasteiger partial charge in [0.15, 0.2) is 0 Å². The molecule has 6 heteroatoms. The maximum Gasteiger partial charge on any atom is 0.224 e. The molecule has 0 aliphatic carbocycles. The van der Waals surface area contributed by atoms with Crippen LogP contribution in [0.4, 0.5) is 4.39 Å². The first-order chi connectivity index (χ1) is 12.6. The van der Waals surface area contributed by atoms with Crippen LogP contribution in [0.15, 0.2) is 36.7 Å². The molecule has 1 amide bonds. The molecule has 1 aromatic carbocycles. The molecule has 0 bridgehead atoms. The molecule has 3 rings (SSSR count). The minimum absolute atomic E-state index is 0.0178. The lowest BCUT2D eigenvalue weighted by Gasteiger charge is -2.32. The highest BCUT2D eigenvalue weighted by molar-refractivity contribution is 5.78. The minimum Gasteiger partial charge on any atom is -0.356 e. The van der Waals surface area contributed by atoms with Gasteiger partial charge in [-0.05, 0) is 56.0 Å². The summed E-state index contributed by atoms with van der Waals surface area (Å²) in [6.45, 7) is 5.88. The van der Waals surface area contributed by atoms with E-state index < -0.39 is 0 Å². The molecule has 2 aromatic rings. The highest BCUT2D eigenvalue weighted by atomic mass is 19.1. The molecule has 5 nitrogen and oxygen atoms in total. The Morgan fingerprint density at radius 1 is 1.42 bits per heavy atom. The largest absolute Gasteiger partial charge is 0.356 e. The van der Waals surface area contributed by atoms with Crippen LogP contribution in [0, 0.1) is 18.7 Å². The third kappa shape index (κ3) is 5.39. The Kier molecular flexibility index (Phi) is 6.39. The van der Waals surface area contributed by atoms with Crippen molar-refractivity contribution in [3.63, 3.8) is 0 Å². The lowest BCUT2D eigenvalue weighted by atomic mass is 9.96. The predicted molar refractivity (Wildman–Crippen MR) is 99.0 cm³/mol. The molecule has 0 radical (unpaired) electrons. The summed E-state index contributed by atoms with van der Waals surface area (Å²) in [6, 6.07) is 6.70. The van der Waals surface area contributed by atoms with E-state index in [2.05, 4.69) is 15.3 Å². The van der Waals surface area contributed by atoms with Crippen LogP contribution in [-0.4, -0.2) is 40.2 Å². The number of rotatable bonds is 7. The van der Waals surface area contributed by atoms with Crippen LogP contribution in [0.25, 0.3) is 0 Å². The SMILES string of the molecule is Cc1cnn(CCCNC(=O)C2CCCN(Cc3cccc(F)c3)C2)c1. The number of likely N-dealkylation sites (tertiary alicyclic amines) is 1. The molecule has 1 aromatic heterocycles. The van der Waals surface area contributed by atoms with Gasteiger partial charge in [-0.3, -0.25) is 14.4 Å². The summed E-state index contributed by atoms with van der Waals surface area (Å²) in [5, 5.41) is 7.31. The Morgan fingerprint density at radius 3 is 3.08 bits per heavy atom. The number of hydrogen-bond donors (Lipinski definition) is 1. The highest BCUT2D eigenvalue weighted by Gasteiger charge is 2.25. The molecule has 0 spiro atoms. The molecule has 1 fully saturated rings. The number of aromatic nitrogens is 2. The standard InChI is InChI=1S/C20H27FN4O/c1-16-12-23-25(13-16)10-4-8-22-20(26)18-6-3-9-24(15-18)14-17-5-2-7-19(21)11-17/h2,5,7,11-13,18H,3-4,6,8-10,14-15H2,1H3,(H,22,26). The number of carbonyl (C=O) groups is 1. The molecule has 2 heterocycles. The second-order valence-corrected chi connectivity index (χ2v) is 7.13. The van der Waals surface area contributed by atoms with Crippen LogP contribution in [0.2, 0.25) is 0 Å². The average Bonchev–Trinajstić information content (AvgIpc) is 3.04. The summed E-state index contributed by atoms with van der Waals surface area (Å²) in [6.07, 6.45) is 6.64. The molecule has 1 N–H and O–H groups in total. The normalized spacial score (nSPS) is 18.0. The lowest BCUT2D eigenvalue weighted by Crippen LogP contribution is -2.43. The van der Waals surface area contributed by atoms with E-state index in [4.69, 9.17) is 0 Å². The molecule has 140 valence electrons. The van der Waals surface area contributed by atoms with Gasteiger partial charge in [0, 0.05) is 32.4 Å². The second-order valence-electron chi connectivity index (χ2n) is 7.13. The number of amides is 1. The maximum atomic E-state index is 13.3. The molecule has 1 saturated heterocycles. The van der Waals surface area contributed by atoms with Crippen LogP contribution >= 0.6 is 0 Å². The van der Waals surface area contributed by atoms with Crippen molar-refractivity contribution in [1.82, 2.24) is 20.0 Å². The van der Waals surface area contributed by atoms with Gasteiger partial charge in [0.2, 0.25) is 5.91 Å². The first kappa shape index (κ1) is 18.6. The number of halogens is 1. The summed E-state index contributed by atoms with van der Waals surface area (Å²) >= 11 is 0. The van der Waals surface area contributed by atoms with E-state index in [1.54, 1.807) is 12.1 Å². The van der Waals surface area contributed by atoms with Crippen LogP contribution in [-0.2, 0) is 17.9 Å². The van der Waals surface area contributed by atoms with Gasteiger partial charge in [-0.15, -0.1) is 0 Å². The molecular weight excluding hydrogens is 331 g/mol. The minimum atomic E-state index is -0.207.